The number of carboxylic acids is 1. The van der Waals surface area contributed by atoms with Crippen molar-refractivity contribution in [3.8, 4) is 11.1 Å². The van der Waals surface area contributed by atoms with Gasteiger partial charge in [-0.25, -0.2) is 4.79 Å². The van der Waals surface area contributed by atoms with Crippen LogP contribution in [0.25, 0.3) is 11.1 Å². The molecule has 2 aromatic rings. The Labute approximate surface area is 162 Å². The standard InChI is InChI=1S/C18H17NO3S2.C2H6/c1-4-12(9-23-3)16(20)19-17-15(18(21)22)14(10-24-17)13-7-5-6-11(2)8-13;1-2/h4-10H,1H2,2-3H3,(H,19,20)(H,21,22);1-2H3/b12-9+;. The lowest BCUT2D eigenvalue weighted by Crippen LogP contribution is -2.14. The highest BCUT2D eigenvalue weighted by Crippen LogP contribution is 2.36. The number of rotatable bonds is 6. The van der Waals surface area contributed by atoms with Gasteiger partial charge in [0.05, 0.1) is 0 Å². The van der Waals surface area contributed by atoms with Crippen LogP contribution in [0.4, 0.5) is 5.00 Å². The van der Waals surface area contributed by atoms with Crippen molar-refractivity contribution < 1.29 is 14.7 Å². The third-order valence-electron chi connectivity index (χ3n) is 3.29. The summed E-state index contributed by atoms with van der Waals surface area (Å²) in [6.45, 7) is 9.55. The molecule has 2 N–H and O–H groups in total. The van der Waals surface area contributed by atoms with E-state index in [4.69, 9.17) is 0 Å². The number of thioether (sulfide) groups is 1. The Hall–Kier alpha value is -2.31. The van der Waals surface area contributed by atoms with Crippen LogP contribution in [0.5, 0.6) is 0 Å². The van der Waals surface area contributed by atoms with Crippen LogP contribution in [-0.4, -0.2) is 23.2 Å². The molecule has 1 heterocycles. The highest BCUT2D eigenvalue weighted by Gasteiger charge is 2.21. The van der Waals surface area contributed by atoms with E-state index in [1.54, 1.807) is 10.8 Å². The molecule has 0 aliphatic carbocycles. The summed E-state index contributed by atoms with van der Waals surface area (Å²) < 4.78 is 0. The Bertz CT molecular complexity index is 822. The van der Waals surface area contributed by atoms with Crippen LogP contribution in [0.2, 0.25) is 0 Å². The number of hydrogen-bond donors (Lipinski definition) is 2. The molecule has 0 bridgehead atoms. The monoisotopic (exact) mass is 389 g/mol. The lowest BCUT2D eigenvalue weighted by atomic mass is 10.0. The summed E-state index contributed by atoms with van der Waals surface area (Å²) in [4.78, 5) is 24.0. The Morgan fingerprint density at radius 2 is 2.00 bits per heavy atom. The molecule has 0 aliphatic rings. The van der Waals surface area contributed by atoms with E-state index < -0.39 is 5.97 Å². The van der Waals surface area contributed by atoms with Gasteiger partial charge < -0.3 is 10.4 Å². The van der Waals surface area contributed by atoms with E-state index in [-0.39, 0.29) is 11.5 Å². The van der Waals surface area contributed by atoms with Gasteiger partial charge in [0, 0.05) is 16.5 Å². The van der Waals surface area contributed by atoms with E-state index in [1.807, 2.05) is 51.3 Å². The van der Waals surface area contributed by atoms with E-state index >= 15 is 0 Å². The predicted molar refractivity (Wildman–Crippen MR) is 113 cm³/mol. The van der Waals surface area contributed by atoms with Gasteiger partial charge in [-0.05, 0) is 24.2 Å². The fourth-order valence-corrected chi connectivity index (χ4v) is 3.60. The minimum Gasteiger partial charge on any atom is -0.478 e. The van der Waals surface area contributed by atoms with Gasteiger partial charge in [0.25, 0.3) is 5.91 Å². The first-order chi connectivity index (χ1) is 12.5. The van der Waals surface area contributed by atoms with Gasteiger partial charge in [-0.2, -0.15) is 0 Å². The number of aromatic carboxylic acids is 1. The highest BCUT2D eigenvalue weighted by atomic mass is 32.2. The second-order valence-electron chi connectivity index (χ2n) is 5.00. The largest absolute Gasteiger partial charge is 0.478 e. The smallest absolute Gasteiger partial charge is 0.339 e. The van der Waals surface area contributed by atoms with Crippen LogP contribution in [0.15, 0.2) is 53.3 Å². The average molecular weight is 390 g/mol. The molecule has 0 unspecified atom stereocenters. The molecule has 2 rings (SSSR count). The molecule has 0 radical (unpaired) electrons. The van der Waals surface area contributed by atoms with Crippen molar-refractivity contribution in [1.29, 1.82) is 0 Å². The zero-order chi connectivity index (χ0) is 19.7. The SMILES string of the molecule is C=C/C(=C\SC)C(=O)Nc1scc(-c2cccc(C)c2)c1C(=O)O.CC. The number of aryl methyl sites for hydroxylation is 1. The predicted octanol–water partition coefficient (Wildman–Crippen LogP) is 5.82. The molecule has 1 aromatic carbocycles. The first-order valence-electron chi connectivity index (χ1n) is 8.06. The number of thiophene rings is 1. The minimum atomic E-state index is -1.07. The topological polar surface area (TPSA) is 66.4 Å². The molecule has 1 aromatic heterocycles. The Morgan fingerprint density at radius 1 is 1.31 bits per heavy atom. The maximum atomic E-state index is 12.3. The van der Waals surface area contributed by atoms with Crippen LogP contribution in [0.3, 0.4) is 0 Å². The highest BCUT2D eigenvalue weighted by molar-refractivity contribution is 8.01. The molecule has 26 heavy (non-hydrogen) atoms. The summed E-state index contributed by atoms with van der Waals surface area (Å²) in [5.41, 5.74) is 2.95. The third-order valence-corrected chi connectivity index (χ3v) is 4.67. The van der Waals surface area contributed by atoms with E-state index in [2.05, 4.69) is 11.9 Å². The van der Waals surface area contributed by atoms with Crippen LogP contribution < -0.4 is 5.32 Å². The van der Waals surface area contributed by atoms with Crippen LogP contribution in [0, 0.1) is 6.92 Å². The number of carboxylic acid groups (broad SMARTS) is 1. The van der Waals surface area contributed by atoms with Crippen LogP contribution in [-0.2, 0) is 4.79 Å². The minimum absolute atomic E-state index is 0.103. The number of amides is 1. The molecule has 1 amide bonds. The molecule has 4 nitrogen and oxygen atoms in total. The van der Waals surface area contributed by atoms with Gasteiger partial charge in [0.15, 0.2) is 0 Å². The van der Waals surface area contributed by atoms with Gasteiger partial charge in [-0.15, -0.1) is 23.1 Å². The number of nitrogens with one attached hydrogen (secondary N) is 1. The fourth-order valence-electron chi connectivity index (χ4n) is 2.18. The summed E-state index contributed by atoms with van der Waals surface area (Å²) in [7, 11) is 0. The van der Waals surface area contributed by atoms with E-state index in [1.165, 1.54) is 29.2 Å². The lowest BCUT2D eigenvalue weighted by molar-refractivity contribution is -0.112. The molecule has 138 valence electrons. The van der Waals surface area contributed by atoms with E-state index in [0.717, 1.165) is 11.1 Å². The molecule has 0 saturated heterocycles. The summed E-state index contributed by atoms with van der Waals surface area (Å²) >= 11 is 2.58. The zero-order valence-corrected chi connectivity index (χ0v) is 17.0. The molecular formula is C20H23NO3S2. The number of hydrogen-bond acceptors (Lipinski definition) is 4. The van der Waals surface area contributed by atoms with E-state index in [0.29, 0.717) is 16.1 Å². The number of anilines is 1. The van der Waals surface area contributed by atoms with Crippen molar-refractivity contribution in [2.75, 3.05) is 11.6 Å². The lowest BCUT2D eigenvalue weighted by Gasteiger charge is -2.07. The molecule has 0 aliphatic heterocycles. The van der Waals surface area contributed by atoms with Crippen molar-refractivity contribution in [2.45, 2.75) is 20.8 Å². The van der Waals surface area contributed by atoms with Crippen LogP contribution in [0.1, 0.15) is 29.8 Å². The van der Waals surface area contributed by atoms with Crippen molar-refractivity contribution >= 4 is 40.0 Å². The second-order valence-corrected chi connectivity index (χ2v) is 6.58. The van der Waals surface area contributed by atoms with E-state index in [9.17, 15) is 14.7 Å². The van der Waals surface area contributed by atoms with Crippen molar-refractivity contribution in [2.24, 2.45) is 0 Å². The number of benzene rings is 1. The first kappa shape index (κ1) is 21.7. The maximum Gasteiger partial charge on any atom is 0.339 e. The molecule has 0 fully saturated rings. The molecular weight excluding hydrogens is 366 g/mol. The molecule has 0 atom stereocenters. The third kappa shape index (κ3) is 5.34. The second kappa shape index (κ2) is 10.6. The fraction of sp³-hybridized carbons (Fsp3) is 0.200. The Kier molecular flexibility index (Phi) is 8.88. The molecule has 6 heteroatoms. The first-order valence-corrected chi connectivity index (χ1v) is 10.2. The van der Waals surface area contributed by atoms with Crippen LogP contribution >= 0.6 is 23.1 Å². The quantitative estimate of drug-likeness (QED) is 0.482. The maximum absolute atomic E-state index is 12.3. The summed E-state index contributed by atoms with van der Waals surface area (Å²) in [6.07, 6.45) is 3.28. The zero-order valence-electron chi connectivity index (χ0n) is 15.3. The summed E-state index contributed by atoms with van der Waals surface area (Å²) in [5, 5.41) is 16.0. The Balaban J connectivity index is 0.00000163. The summed E-state index contributed by atoms with van der Waals surface area (Å²) in [6, 6.07) is 7.60. The number of carbonyl (C=O) groups is 2. The summed E-state index contributed by atoms with van der Waals surface area (Å²) in [5.74, 6) is -1.45. The van der Waals surface area contributed by atoms with Gasteiger partial charge in [0.2, 0.25) is 0 Å². The molecule has 0 spiro atoms. The van der Waals surface area contributed by atoms with Crippen molar-refractivity contribution in [1.82, 2.24) is 0 Å². The Morgan fingerprint density at radius 3 is 2.54 bits per heavy atom. The normalized spacial score (nSPS) is 10.5. The van der Waals surface area contributed by atoms with Gasteiger partial charge in [-0.3, -0.25) is 4.79 Å². The van der Waals surface area contributed by atoms with Gasteiger partial charge in [0.1, 0.15) is 10.6 Å². The van der Waals surface area contributed by atoms with Gasteiger partial charge >= 0.3 is 5.97 Å². The molecule has 0 saturated carbocycles. The average Bonchev–Trinajstić information content (AvgIpc) is 3.05. The van der Waals surface area contributed by atoms with Crippen molar-refractivity contribution in [3.63, 3.8) is 0 Å². The van der Waals surface area contributed by atoms with Gasteiger partial charge in [-0.1, -0.05) is 56.3 Å². The number of carbonyl (C=O) groups excluding carboxylic acids is 1. The van der Waals surface area contributed by atoms with Crippen molar-refractivity contribution in [3.05, 3.63) is 64.4 Å².